The number of carbonyl (C=O) groups excluding carboxylic acids is 1. The minimum atomic E-state index is 0.0513. The van der Waals surface area contributed by atoms with Gasteiger partial charge in [-0.05, 0) is 27.4 Å². The van der Waals surface area contributed by atoms with Gasteiger partial charge in [0.15, 0.2) is 0 Å². The molecule has 3 nitrogen and oxygen atoms in total. The number of hydrogen-bond acceptors (Lipinski definition) is 2. The second-order valence-electron chi connectivity index (χ2n) is 3.33. The Morgan fingerprint density at radius 3 is 2.45 bits per heavy atom. The first kappa shape index (κ1) is 10.4. The van der Waals surface area contributed by atoms with Gasteiger partial charge in [0.2, 0.25) is 6.41 Å². The molecule has 0 saturated carbocycles. The molecule has 0 aliphatic rings. The van der Waals surface area contributed by atoms with Crippen LogP contribution >= 0.6 is 0 Å². The molecule has 0 rings (SSSR count). The average Bonchev–Trinajstić information content (AvgIpc) is 1.99. The number of hydrogen-bond donors (Lipinski definition) is 1. The lowest BCUT2D eigenvalue weighted by molar-refractivity contribution is -0.110. The van der Waals surface area contributed by atoms with Crippen LogP contribution in [0.4, 0.5) is 0 Å². The molecule has 0 spiro atoms. The largest absolute Gasteiger partial charge is 0.357 e. The van der Waals surface area contributed by atoms with E-state index < -0.39 is 0 Å². The number of nitrogens with one attached hydrogen (secondary N) is 1. The predicted molar refractivity (Wildman–Crippen MR) is 46.4 cm³/mol. The van der Waals surface area contributed by atoms with Crippen molar-refractivity contribution in [3.05, 3.63) is 0 Å². The number of amides is 1. The quantitative estimate of drug-likeness (QED) is 0.590. The fraction of sp³-hybridized carbons (Fsp3) is 0.875. The summed E-state index contributed by atoms with van der Waals surface area (Å²) in [5.74, 6) is 0. The van der Waals surface area contributed by atoms with Gasteiger partial charge in [0.05, 0.1) is 0 Å². The van der Waals surface area contributed by atoms with Crippen LogP contribution in [0.3, 0.4) is 0 Å². The highest BCUT2D eigenvalue weighted by Gasteiger charge is 2.20. The molecule has 0 saturated heterocycles. The molecule has 0 aromatic heterocycles. The molecule has 66 valence electrons. The van der Waals surface area contributed by atoms with E-state index in [2.05, 4.69) is 31.0 Å². The van der Waals surface area contributed by atoms with Crippen LogP contribution in [0, 0.1) is 0 Å². The Balaban J connectivity index is 3.86. The summed E-state index contributed by atoms with van der Waals surface area (Å²) in [4.78, 5) is 12.2. The zero-order valence-electron chi connectivity index (χ0n) is 7.85. The van der Waals surface area contributed by atoms with Gasteiger partial charge in [-0.2, -0.15) is 0 Å². The Morgan fingerprint density at radius 1 is 1.55 bits per heavy atom. The van der Waals surface area contributed by atoms with Crippen molar-refractivity contribution in [2.75, 3.05) is 20.1 Å². The van der Waals surface area contributed by atoms with E-state index in [0.29, 0.717) is 6.54 Å². The lowest BCUT2D eigenvalue weighted by Gasteiger charge is -2.34. The van der Waals surface area contributed by atoms with Crippen molar-refractivity contribution < 1.29 is 4.79 Å². The molecule has 0 bridgehead atoms. The first-order chi connectivity index (χ1) is 5.04. The van der Waals surface area contributed by atoms with Crippen LogP contribution in [0.2, 0.25) is 0 Å². The number of carbonyl (C=O) groups is 1. The Kier molecular flexibility index (Phi) is 4.11. The second kappa shape index (κ2) is 4.34. The Hall–Kier alpha value is -0.570. The lowest BCUT2D eigenvalue weighted by atomic mass is 10.0. The highest BCUT2D eigenvalue weighted by atomic mass is 16.1. The molecule has 3 heteroatoms. The van der Waals surface area contributed by atoms with Crippen LogP contribution in [0.1, 0.15) is 20.8 Å². The fourth-order valence-electron chi connectivity index (χ4n) is 0.854. The summed E-state index contributed by atoms with van der Waals surface area (Å²) in [6, 6.07) is 0. The van der Waals surface area contributed by atoms with Gasteiger partial charge in [-0.3, -0.25) is 9.69 Å². The predicted octanol–water partition coefficient (Wildman–Crippen LogP) is 0.463. The normalized spacial score (nSPS) is 11.7. The molecule has 0 atom stereocenters. The van der Waals surface area contributed by atoms with Crippen LogP contribution in [0.25, 0.3) is 0 Å². The van der Waals surface area contributed by atoms with Crippen molar-refractivity contribution in [2.45, 2.75) is 26.3 Å². The van der Waals surface area contributed by atoms with Gasteiger partial charge < -0.3 is 5.32 Å². The lowest BCUT2D eigenvalue weighted by Crippen LogP contribution is -2.48. The summed E-state index contributed by atoms with van der Waals surface area (Å²) in [7, 11) is 2.05. The Morgan fingerprint density at radius 2 is 2.09 bits per heavy atom. The van der Waals surface area contributed by atoms with Crippen LogP contribution < -0.4 is 5.32 Å². The van der Waals surface area contributed by atoms with Gasteiger partial charge in [-0.25, -0.2) is 0 Å². The highest BCUT2D eigenvalue weighted by Crippen LogP contribution is 2.09. The van der Waals surface area contributed by atoms with Crippen molar-refractivity contribution >= 4 is 6.41 Å². The van der Waals surface area contributed by atoms with Crippen molar-refractivity contribution in [1.82, 2.24) is 10.2 Å². The van der Waals surface area contributed by atoms with E-state index in [1.807, 2.05) is 7.05 Å². The molecular weight excluding hydrogens is 140 g/mol. The van der Waals surface area contributed by atoms with E-state index >= 15 is 0 Å². The van der Waals surface area contributed by atoms with Gasteiger partial charge in [-0.15, -0.1) is 0 Å². The van der Waals surface area contributed by atoms with E-state index in [1.54, 1.807) is 0 Å². The third kappa shape index (κ3) is 3.37. The molecule has 0 unspecified atom stereocenters. The molecule has 0 aliphatic heterocycles. The third-order valence-corrected chi connectivity index (χ3v) is 2.13. The molecule has 0 heterocycles. The van der Waals surface area contributed by atoms with E-state index in [0.717, 1.165) is 13.0 Å². The van der Waals surface area contributed by atoms with E-state index in [9.17, 15) is 4.79 Å². The van der Waals surface area contributed by atoms with Gasteiger partial charge >= 0.3 is 0 Å². The smallest absolute Gasteiger partial charge is 0.207 e. The standard InChI is InChI=1S/C8H18N2O/c1-5-10(4)8(2,3)6-9-7-11/h7H,5-6H2,1-4H3,(H,9,11). The minimum Gasteiger partial charge on any atom is -0.357 e. The number of rotatable bonds is 5. The van der Waals surface area contributed by atoms with E-state index in [1.165, 1.54) is 0 Å². The zero-order chi connectivity index (χ0) is 8.91. The maximum atomic E-state index is 10.0. The Labute approximate surface area is 68.8 Å². The summed E-state index contributed by atoms with van der Waals surface area (Å²) in [5, 5.41) is 2.68. The number of likely N-dealkylation sites (N-methyl/N-ethyl adjacent to an activating group) is 1. The summed E-state index contributed by atoms with van der Waals surface area (Å²) in [6.07, 6.45) is 0.741. The first-order valence-electron chi connectivity index (χ1n) is 3.93. The highest BCUT2D eigenvalue weighted by molar-refractivity contribution is 5.46. The molecule has 0 aliphatic carbocycles. The molecule has 11 heavy (non-hydrogen) atoms. The van der Waals surface area contributed by atoms with Crippen LogP contribution in [-0.2, 0) is 4.79 Å². The van der Waals surface area contributed by atoms with Crippen molar-refractivity contribution in [2.24, 2.45) is 0 Å². The maximum absolute atomic E-state index is 10.0. The molecule has 0 fully saturated rings. The molecule has 0 aromatic carbocycles. The average molecular weight is 158 g/mol. The molecule has 1 N–H and O–H groups in total. The zero-order valence-corrected chi connectivity index (χ0v) is 7.85. The SMILES string of the molecule is CCN(C)C(C)(C)CNC=O. The second-order valence-corrected chi connectivity index (χ2v) is 3.33. The van der Waals surface area contributed by atoms with Gasteiger partial charge in [0, 0.05) is 12.1 Å². The van der Waals surface area contributed by atoms with Crippen LogP contribution in [-0.4, -0.2) is 37.0 Å². The van der Waals surface area contributed by atoms with Crippen molar-refractivity contribution in [1.29, 1.82) is 0 Å². The molecule has 1 amide bonds. The molecule has 0 aromatic rings. The van der Waals surface area contributed by atoms with Crippen molar-refractivity contribution in [3.63, 3.8) is 0 Å². The molecule has 0 radical (unpaired) electrons. The summed E-state index contributed by atoms with van der Waals surface area (Å²) in [6.45, 7) is 8.00. The minimum absolute atomic E-state index is 0.0513. The Bertz CT molecular complexity index is 123. The van der Waals surface area contributed by atoms with Crippen LogP contribution in [0.5, 0.6) is 0 Å². The molecular formula is C8H18N2O. The van der Waals surface area contributed by atoms with Gasteiger partial charge in [-0.1, -0.05) is 6.92 Å². The summed E-state index contributed by atoms with van der Waals surface area (Å²) in [5.41, 5.74) is 0.0513. The van der Waals surface area contributed by atoms with E-state index in [4.69, 9.17) is 0 Å². The third-order valence-electron chi connectivity index (χ3n) is 2.13. The summed E-state index contributed by atoms with van der Waals surface area (Å²) >= 11 is 0. The summed E-state index contributed by atoms with van der Waals surface area (Å²) < 4.78 is 0. The van der Waals surface area contributed by atoms with Crippen LogP contribution in [0.15, 0.2) is 0 Å². The van der Waals surface area contributed by atoms with Crippen molar-refractivity contribution in [3.8, 4) is 0 Å². The van der Waals surface area contributed by atoms with E-state index in [-0.39, 0.29) is 5.54 Å². The van der Waals surface area contributed by atoms with Gasteiger partial charge in [0.1, 0.15) is 0 Å². The monoisotopic (exact) mass is 158 g/mol. The number of nitrogens with zero attached hydrogens (tertiary/aromatic N) is 1. The maximum Gasteiger partial charge on any atom is 0.207 e. The fourth-order valence-corrected chi connectivity index (χ4v) is 0.854. The van der Waals surface area contributed by atoms with Gasteiger partial charge in [0.25, 0.3) is 0 Å². The topological polar surface area (TPSA) is 32.3 Å². The first-order valence-corrected chi connectivity index (χ1v) is 3.93.